The highest BCUT2D eigenvalue weighted by atomic mass is 16.3. The highest BCUT2D eigenvalue weighted by molar-refractivity contribution is 6.24. The second-order valence-electron chi connectivity index (χ2n) is 14.1. The molecule has 0 saturated heterocycles. The summed E-state index contributed by atoms with van der Waals surface area (Å²) in [7, 11) is 0. The summed E-state index contributed by atoms with van der Waals surface area (Å²) in [5, 5.41) is 47.2. The van der Waals surface area contributed by atoms with Gasteiger partial charge in [-0.25, -0.2) is 0 Å². The van der Waals surface area contributed by atoms with Gasteiger partial charge in [-0.1, -0.05) is 83.5 Å². The topological polar surface area (TPSA) is 132 Å². The lowest BCUT2D eigenvalue weighted by molar-refractivity contribution is -0.178. The molecule has 0 spiro atoms. The van der Waals surface area contributed by atoms with Crippen molar-refractivity contribution < 1.29 is 34.8 Å². The molecule has 2 aromatic rings. The Labute approximate surface area is 258 Å². The number of aryl methyl sites for hydroxylation is 1. The SMILES string of the molecule is CC(=O)C1=C(O)[C@]2(O)C(=O)C3=C(O)c4c(O)c(/C=C/c5ccc(C)cc5)cc(C(C)C)c4C[C@]3(C)C[C@]2(C)C(C(C)C)C1=O. The van der Waals surface area contributed by atoms with E-state index in [9.17, 15) is 34.8 Å². The molecule has 0 aliphatic heterocycles. The lowest BCUT2D eigenvalue weighted by Gasteiger charge is -2.59. The lowest BCUT2D eigenvalue weighted by atomic mass is 9.43. The smallest absolute Gasteiger partial charge is 0.203 e. The van der Waals surface area contributed by atoms with E-state index >= 15 is 0 Å². The van der Waals surface area contributed by atoms with E-state index in [0.29, 0.717) is 11.1 Å². The van der Waals surface area contributed by atoms with Crippen molar-refractivity contribution in [1.29, 1.82) is 0 Å². The fraction of sp³-hybridized carbons (Fsp3) is 0.432. The number of rotatable bonds is 5. The van der Waals surface area contributed by atoms with Crippen molar-refractivity contribution in [3.05, 3.63) is 80.6 Å². The van der Waals surface area contributed by atoms with Crippen LogP contribution in [0.25, 0.3) is 17.9 Å². The summed E-state index contributed by atoms with van der Waals surface area (Å²) in [6.07, 6.45) is 3.95. The number of ketones is 3. The van der Waals surface area contributed by atoms with E-state index in [1.165, 1.54) is 0 Å². The van der Waals surface area contributed by atoms with E-state index < -0.39 is 56.8 Å². The van der Waals surface area contributed by atoms with Crippen molar-refractivity contribution in [3.8, 4) is 5.75 Å². The molecule has 7 nitrogen and oxygen atoms in total. The minimum absolute atomic E-state index is 0.00501. The van der Waals surface area contributed by atoms with Gasteiger partial charge in [0.1, 0.15) is 22.8 Å². The molecule has 0 aromatic heterocycles. The van der Waals surface area contributed by atoms with Crippen LogP contribution in [-0.2, 0) is 20.8 Å². The minimum Gasteiger partial charge on any atom is -0.508 e. The van der Waals surface area contributed by atoms with Gasteiger partial charge in [-0.15, -0.1) is 0 Å². The number of aromatic hydroxyl groups is 1. The molecule has 1 unspecified atom stereocenters. The molecule has 0 bridgehead atoms. The lowest BCUT2D eigenvalue weighted by Crippen LogP contribution is -2.69. The van der Waals surface area contributed by atoms with E-state index in [-0.39, 0.29) is 41.6 Å². The minimum atomic E-state index is -2.63. The van der Waals surface area contributed by atoms with E-state index in [0.717, 1.165) is 23.6 Å². The molecule has 3 aliphatic rings. The first-order valence-electron chi connectivity index (χ1n) is 15.2. The van der Waals surface area contributed by atoms with Gasteiger partial charge >= 0.3 is 0 Å². The van der Waals surface area contributed by atoms with Crippen LogP contribution < -0.4 is 0 Å². The Balaban J connectivity index is 1.78. The molecule has 5 rings (SSSR count). The van der Waals surface area contributed by atoms with Gasteiger partial charge in [-0.3, -0.25) is 14.4 Å². The molecule has 0 heterocycles. The summed E-state index contributed by atoms with van der Waals surface area (Å²) >= 11 is 0. The summed E-state index contributed by atoms with van der Waals surface area (Å²) in [5.74, 6) is -5.23. The Hall–Kier alpha value is -3.97. The zero-order valence-corrected chi connectivity index (χ0v) is 26.7. The van der Waals surface area contributed by atoms with Crippen molar-refractivity contribution in [2.24, 2.45) is 22.7 Å². The molecule has 4 atom stereocenters. The van der Waals surface area contributed by atoms with Gasteiger partial charge < -0.3 is 20.4 Å². The molecule has 1 fully saturated rings. The Morgan fingerprint density at radius 3 is 2.16 bits per heavy atom. The third-order valence-corrected chi connectivity index (χ3v) is 10.2. The van der Waals surface area contributed by atoms with Gasteiger partial charge in [-0.05, 0) is 61.3 Å². The molecule has 4 N–H and O–H groups in total. The zero-order chi connectivity index (χ0) is 32.7. The number of carbonyl (C=O) groups excluding carboxylic acids is 3. The Morgan fingerprint density at radius 1 is 1.00 bits per heavy atom. The van der Waals surface area contributed by atoms with Crippen LogP contribution in [0, 0.1) is 29.6 Å². The maximum atomic E-state index is 14.6. The standard InChI is InChI=1S/C37H42O7/c1-18(2)24-15-23(14-13-22-11-9-20(5)10-12-22)30(39)27-25(24)16-35(7)17-36(8)28(19(3)4)31(40)26(21(6)38)33(42)37(36,44)34(43)29(35)32(27)41/h9-15,18-19,28,39,41-42,44H,16-17H2,1-8H3/b14-13+/t28?,35-,36-,37+/m1/s1. The number of allylic oxidation sites excluding steroid dienone is 1. The number of hydrogen-bond acceptors (Lipinski definition) is 7. The molecular weight excluding hydrogens is 556 g/mol. The number of phenols is 1. The summed E-state index contributed by atoms with van der Waals surface area (Å²) < 4.78 is 0. The number of aliphatic hydroxyl groups excluding tert-OH is 2. The van der Waals surface area contributed by atoms with Crippen LogP contribution in [0.3, 0.4) is 0 Å². The Morgan fingerprint density at radius 2 is 1.61 bits per heavy atom. The van der Waals surface area contributed by atoms with Crippen LogP contribution in [0.1, 0.15) is 94.2 Å². The van der Waals surface area contributed by atoms with E-state index in [1.54, 1.807) is 26.8 Å². The van der Waals surface area contributed by atoms with Crippen molar-refractivity contribution in [3.63, 3.8) is 0 Å². The van der Waals surface area contributed by atoms with Crippen LogP contribution in [0.4, 0.5) is 0 Å². The van der Waals surface area contributed by atoms with Gasteiger partial charge in [-0.2, -0.15) is 0 Å². The van der Waals surface area contributed by atoms with Gasteiger partial charge in [0.2, 0.25) is 5.78 Å². The van der Waals surface area contributed by atoms with Crippen LogP contribution in [0.15, 0.2) is 47.2 Å². The van der Waals surface area contributed by atoms with E-state index in [1.807, 2.05) is 64.1 Å². The molecule has 3 aliphatic carbocycles. The number of phenolic OH excluding ortho intramolecular Hbond substituents is 1. The van der Waals surface area contributed by atoms with Crippen molar-refractivity contribution in [2.75, 3.05) is 0 Å². The van der Waals surface area contributed by atoms with Gasteiger partial charge in [0.25, 0.3) is 0 Å². The van der Waals surface area contributed by atoms with Crippen molar-refractivity contribution in [1.82, 2.24) is 0 Å². The fourth-order valence-electron chi connectivity index (χ4n) is 8.34. The summed E-state index contributed by atoms with van der Waals surface area (Å²) in [6, 6.07) is 9.80. The number of aliphatic hydroxyl groups is 3. The predicted molar refractivity (Wildman–Crippen MR) is 170 cm³/mol. The summed E-state index contributed by atoms with van der Waals surface area (Å²) in [6.45, 7) is 14.2. The van der Waals surface area contributed by atoms with E-state index in [2.05, 4.69) is 0 Å². The molecule has 0 radical (unpaired) electrons. The van der Waals surface area contributed by atoms with Crippen LogP contribution in [0.2, 0.25) is 0 Å². The zero-order valence-electron chi connectivity index (χ0n) is 26.7. The summed E-state index contributed by atoms with van der Waals surface area (Å²) in [4.78, 5) is 40.9. The van der Waals surface area contributed by atoms with Gasteiger partial charge in [0.15, 0.2) is 17.2 Å². The molecular formula is C37H42O7. The van der Waals surface area contributed by atoms with Gasteiger partial charge in [0.05, 0.1) is 5.56 Å². The quantitative estimate of drug-likeness (QED) is 0.220. The molecule has 2 aromatic carbocycles. The van der Waals surface area contributed by atoms with Crippen LogP contribution >= 0.6 is 0 Å². The Kier molecular flexibility index (Phi) is 7.36. The number of fused-ring (bicyclic) bond motifs is 3. The number of carbonyl (C=O) groups is 3. The normalized spacial score (nSPS) is 28.6. The second kappa shape index (κ2) is 10.3. The molecule has 7 heteroatoms. The molecule has 232 valence electrons. The monoisotopic (exact) mass is 598 g/mol. The first kappa shape index (κ1) is 31.5. The fourth-order valence-corrected chi connectivity index (χ4v) is 8.34. The third-order valence-electron chi connectivity index (χ3n) is 10.2. The highest BCUT2D eigenvalue weighted by Crippen LogP contribution is 2.65. The molecule has 44 heavy (non-hydrogen) atoms. The van der Waals surface area contributed by atoms with Gasteiger partial charge in [0, 0.05) is 27.9 Å². The number of Topliss-reactive ketones (excluding diaryl/α,β-unsaturated/α-hetero) is 3. The first-order chi connectivity index (χ1) is 20.4. The first-order valence-corrected chi connectivity index (χ1v) is 15.2. The highest BCUT2D eigenvalue weighted by Gasteiger charge is 2.72. The van der Waals surface area contributed by atoms with Crippen molar-refractivity contribution in [2.45, 2.75) is 79.8 Å². The number of hydrogen-bond donors (Lipinski definition) is 4. The summed E-state index contributed by atoms with van der Waals surface area (Å²) in [5.41, 5.74) is -1.65. The maximum absolute atomic E-state index is 14.6. The predicted octanol–water partition coefficient (Wildman–Crippen LogP) is 6.79. The Bertz CT molecular complexity index is 1700. The second-order valence-corrected chi connectivity index (χ2v) is 14.1. The van der Waals surface area contributed by atoms with E-state index in [4.69, 9.17) is 0 Å². The third kappa shape index (κ3) is 4.23. The number of benzene rings is 2. The largest absolute Gasteiger partial charge is 0.508 e. The maximum Gasteiger partial charge on any atom is 0.203 e. The average Bonchev–Trinajstić information content (AvgIpc) is 2.90. The molecule has 1 saturated carbocycles. The van der Waals surface area contributed by atoms with Crippen LogP contribution in [0.5, 0.6) is 5.75 Å². The van der Waals surface area contributed by atoms with Crippen molar-refractivity contribution >= 4 is 35.3 Å². The van der Waals surface area contributed by atoms with Crippen LogP contribution in [-0.4, -0.2) is 43.4 Å². The average molecular weight is 599 g/mol. The molecule has 0 amide bonds.